The van der Waals surface area contributed by atoms with Gasteiger partial charge in [0.2, 0.25) is 5.91 Å². The van der Waals surface area contributed by atoms with Gasteiger partial charge < -0.3 is 9.64 Å². The first-order valence-electron chi connectivity index (χ1n) is 5.50. The molecule has 1 heterocycles. The van der Waals surface area contributed by atoms with Crippen molar-refractivity contribution in [3.05, 3.63) is 0 Å². The van der Waals surface area contributed by atoms with Crippen LogP contribution in [-0.4, -0.2) is 42.5 Å². The Balaban J connectivity index is 1.99. The van der Waals surface area contributed by atoms with Gasteiger partial charge in [-0.1, -0.05) is 13.8 Å². The molecule has 1 saturated carbocycles. The molecule has 0 N–H and O–H groups in total. The zero-order chi connectivity index (χ0) is 11.1. The van der Waals surface area contributed by atoms with Crippen molar-refractivity contribution in [1.82, 2.24) is 4.90 Å². The molecule has 0 aromatic rings. The number of ether oxygens (including phenoxy) is 1. The summed E-state index contributed by atoms with van der Waals surface area (Å²) < 4.78 is 5.33. The molecule has 0 aromatic heterocycles. The Labute approximate surface area is 95.7 Å². The first-order valence-corrected chi connectivity index (χ1v) is 6.04. The van der Waals surface area contributed by atoms with Crippen molar-refractivity contribution in [2.75, 3.05) is 25.6 Å². The summed E-state index contributed by atoms with van der Waals surface area (Å²) in [5.74, 6) is 0.953. The maximum Gasteiger partial charge on any atom is 0.226 e. The smallest absolute Gasteiger partial charge is 0.226 e. The minimum absolute atomic E-state index is 0.0734. The molecular weight excluding hydrogens is 214 g/mol. The van der Waals surface area contributed by atoms with E-state index in [4.69, 9.17) is 16.3 Å². The molecule has 15 heavy (non-hydrogen) atoms. The number of morpholine rings is 1. The summed E-state index contributed by atoms with van der Waals surface area (Å²) in [5.41, 5.74) is 0.201. The van der Waals surface area contributed by atoms with Crippen LogP contribution >= 0.6 is 11.6 Å². The number of hydrogen-bond acceptors (Lipinski definition) is 2. The molecule has 0 bridgehead atoms. The van der Waals surface area contributed by atoms with E-state index in [1.165, 1.54) is 0 Å². The lowest BCUT2D eigenvalue weighted by Gasteiger charge is -2.35. The molecule has 1 aliphatic heterocycles. The summed E-state index contributed by atoms with van der Waals surface area (Å²) >= 11 is 5.84. The van der Waals surface area contributed by atoms with Crippen LogP contribution in [0.2, 0.25) is 0 Å². The quantitative estimate of drug-likeness (QED) is 0.675. The molecule has 2 unspecified atom stereocenters. The number of amides is 1. The zero-order valence-electron chi connectivity index (χ0n) is 9.33. The average Bonchev–Trinajstić information content (AvgIpc) is 2.86. The van der Waals surface area contributed by atoms with Crippen LogP contribution in [0, 0.1) is 11.3 Å². The van der Waals surface area contributed by atoms with E-state index in [9.17, 15) is 4.79 Å². The number of nitrogens with zero attached hydrogens (tertiary/aromatic N) is 1. The molecular formula is C11H18ClNO2. The van der Waals surface area contributed by atoms with Gasteiger partial charge in [-0.15, -0.1) is 11.6 Å². The van der Waals surface area contributed by atoms with Gasteiger partial charge in [-0.05, 0) is 11.8 Å². The molecule has 2 rings (SSSR count). The lowest BCUT2D eigenvalue weighted by molar-refractivity contribution is -0.141. The lowest BCUT2D eigenvalue weighted by atomic mass is 10.1. The molecule has 2 aliphatic rings. The van der Waals surface area contributed by atoms with Crippen molar-refractivity contribution >= 4 is 17.5 Å². The van der Waals surface area contributed by atoms with E-state index in [-0.39, 0.29) is 23.3 Å². The van der Waals surface area contributed by atoms with Crippen molar-refractivity contribution in [2.45, 2.75) is 26.3 Å². The van der Waals surface area contributed by atoms with Gasteiger partial charge in [0.25, 0.3) is 0 Å². The van der Waals surface area contributed by atoms with Crippen molar-refractivity contribution in [3.63, 3.8) is 0 Å². The average molecular weight is 232 g/mol. The normalized spacial score (nSPS) is 33.9. The topological polar surface area (TPSA) is 29.5 Å². The molecule has 0 spiro atoms. The summed E-state index contributed by atoms with van der Waals surface area (Å²) in [4.78, 5) is 14.1. The second-order valence-electron chi connectivity index (χ2n) is 5.16. The standard InChI is InChI=1S/C11H18ClNO2/c1-11(2)5-9(11)10(14)13-3-4-15-7-8(13)6-12/h8-9H,3-7H2,1-2H3. The highest BCUT2D eigenvalue weighted by Crippen LogP contribution is 2.52. The fourth-order valence-electron chi connectivity index (χ4n) is 2.16. The molecule has 1 aliphatic carbocycles. The molecule has 2 atom stereocenters. The highest BCUT2D eigenvalue weighted by molar-refractivity contribution is 6.18. The van der Waals surface area contributed by atoms with E-state index in [0.29, 0.717) is 25.6 Å². The fourth-order valence-corrected chi connectivity index (χ4v) is 2.42. The van der Waals surface area contributed by atoms with Crippen LogP contribution in [0.3, 0.4) is 0 Å². The summed E-state index contributed by atoms with van der Waals surface area (Å²) in [6, 6.07) is 0.0734. The number of alkyl halides is 1. The monoisotopic (exact) mass is 231 g/mol. The summed E-state index contributed by atoms with van der Waals surface area (Å²) in [6.45, 7) is 6.22. The molecule has 86 valence electrons. The van der Waals surface area contributed by atoms with Crippen LogP contribution < -0.4 is 0 Å². The fraction of sp³-hybridized carbons (Fsp3) is 0.909. The molecule has 3 nitrogen and oxygen atoms in total. The van der Waals surface area contributed by atoms with E-state index in [2.05, 4.69) is 13.8 Å². The molecule has 1 amide bonds. The molecule has 2 fully saturated rings. The van der Waals surface area contributed by atoms with Crippen molar-refractivity contribution in [2.24, 2.45) is 11.3 Å². The van der Waals surface area contributed by atoms with E-state index >= 15 is 0 Å². The van der Waals surface area contributed by atoms with Crippen LogP contribution in [0.4, 0.5) is 0 Å². The molecule has 0 aromatic carbocycles. The van der Waals surface area contributed by atoms with E-state index in [0.717, 1.165) is 6.42 Å². The highest BCUT2D eigenvalue weighted by Gasteiger charge is 2.52. The van der Waals surface area contributed by atoms with E-state index in [1.807, 2.05) is 4.90 Å². The van der Waals surface area contributed by atoms with Gasteiger partial charge in [-0.3, -0.25) is 4.79 Å². The predicted octanol–water partition coefficient (Wildman–Crippen LogP) is 1.50. The Bertz CT molecular complexity index is 267. The van der Waals surface area contributed by atoms with Crippen molar-refractivity contribution < 1.29 is 9.53 Å². The van der Waals surface area contributed by atoms with Gasteiger partial charge >= 0.3 is 0 Å². The van der Waals surface area contributed by atoms with Gasteiger partial charge in [0.15, 0.2) is 0 Å². The Morgan fingerprint density at radius 1 is 1.60 bits per heavy atom. The van der Waals surface area contributed by atoms with E-state index < -0.39 is 0 Å². The van der Waals surface area contributed by atoms with Crippen molar-refractivity contribution in [3.8, 4) is 0 Å². The van der Waals surface area contributed by atoms with Crippen LogP contribution in [0.15, 0.2) is 0 Å². The highest BCUT2D eigenvalue weighted by atomic mass is 35.5. The molecule has 4 heteroatoms. The van der Waals surface area contributed by atoms with Gasteiger partial charge in [0, 0.05) is 18.3 Å². The maximum atomic E-state index is 12.2. The largest absolute Gasteiger partial charge is 0.377 e. The SMILES string of the molecule is CC1(C)CC1C(=O)N1CCOCC1CCl. The third-order valence-electron chi connectivity index (χ3n) is 3.50. The van der Waals surface area contributed by atoms with Gasteiger partial charge in [-0.25, -0.2) is 0 Å². The second-order valence-corrected chi connectivity index (χ2v) is 5.47. The van der Waals surface area contributed by atoms with Crippen LogP contribution in [0.1, 0.15) is 20.3 Å². The van der Waals surface area contributed by atoms with E-state index in [1.54, 1.807) is 0 Å². The molecule has 1 saturated heterocycles. The molecule has 0 radical (unpaired) electrons. The number of rotatable bonds is 2. The minimum atomic E-state index is 0.0734. The summed E-state index contributed by atoms with van der Waals surface area (Å²) in [7, 11) is 0. The Morgan fingerprint density at radius 2 is 2.27 bits per heavy atom. The number of halogens is 1. The van der Waals surface area contributed by atoms with Gasteiger partial charge in [-0.2, -0.15) is 0 Å². The number of carbonyl (C=O) groups is 1. The Morgan fingerprint density at radius 3 is 2.80 bits per heavy atom. The van der Waals surface area contributed by atoms with Crippen LogP contribution in [0.25, 0.3) is 0 Å². The number of carbonyl (C=O) groups excluding carboxylic acids is 1. The van der Waals surface area contributed by atoms with Crippen molar-refractivity contribution in [1.29, 1.82) is 0 Å². The Hall–Kier alpha value is -0.280. The zero-order valence-corrected chi connectivity index (χ0v) is 10.1. The first kappa shape index (κ1) is 11.2. The van der Waals surface area contributed by atoms with Gasteiger partial charge in [0.05, 0.1) is 19.3 Å². The third kappa shape index (κ3) is 2.13. The Kier molecular flexibility index (Phi) is 2.95. The summed E-state index contributed by atoms with van der Waals surface area (Å²) in [6.07, 6.45) is 1.01. The minimum Gasteiger partial charge on any atom is -0.377 e. The number of hydrogen-bond donors (Lipinski definition) is 0. The third-order valence-corrected chi connectivity index (χ3v) is 3.86. The predicted molar refractivity (Wildman–Crippen MR) is 58.9 cm³/mol. The van der Waals surface area contributed by atoms with Crippen LogP contribution in [0.5, 0.6) is 0 Å². The van der Waals surface area contributed by atoms with Gasteiger partial charge in [0.1, 0.15) is 0 Å². The maximum absolute atomic E-state index is 12.2. The lowest BCUT2D eigenvalue weighted by Crippen LogP contribution is -2.50. The summed E-state index contributed by atoms with van der Waals surface area (Å²) in [5, 5.41) is 0. The second kappa shape index (κ2) is 3.95. The van der Waals surface area contributed by atoms with Crippen LogP contribution in [-0.2, 0) is 9.53 Å². The first-order chi connectivity index (χ1) is 7.06.